The number of halogens is 5. The summed E-state index contributed by atoms with van der Waals surface area (Å²) in [6.45, 7) is 5.79. The van der Waals surface area contributed by atoms with Crippen LogP contribution in [0.1, 0.15) is 77.6 Å². The Kier molecular flexibility index (Phi) is 10.7. The first-order valence-corrected chi connectivity index (χ1v) is 8.26. The lowest BCUT2D eigenvalue weighted by Crippen LogP contribution is -2.36. The lowest BCUT2D eigenvalue weighted by Gasteiger charge is -2.19. The first-order chi connectivity index (χ1) is 10.2. The maximum atomic E-state index is 12.7. The van der Waals surface area contributed by atoms with Gasteiger partial charge in [-0.2, -0.15) is 22.0 Å². The largest absolute Gasteiger partial charge is 0.453 e. The van der Waals surface area contributed by atoms with Gasteiger partial charge in [-0.05, 0) is 25.2 Å². The van der Waals surface area contributed by atoms with E-state index in [-0.39, 0.29) is 6.42 Å². The quantitative estimate of drug-likeness (QED) is 0.189. The van der Waals surface area contributed by atoms with Crippen LogP contribution >= 0.6 is 0 Å². The fourth-order valence-corrected chi connectivity index (χ4v) is 2.44. The summed E-state index contributed by atoms with van der Waals surface area (Å²) in [5.41, 5.74) is 0. The molecule has 0 saturated heterocycles. The molecule has 0 fully saturated rings. The molecule has 132 valence electrons. The lowest BCUT2D eigenvalue weighted by molar-refractivity contribution is -0.284. The van der Waals surface area contributed by atoms with Crippen molar-refractivity contribution in [1.82, 2.24) is 0 Å². The Balaban J connectivity index is 3.53. The van der Waals surface area contributed by atoms with Crippen molar-refractivity contribution in [3.8, 4) is 0 Å². The van der Waals surface area contributed by atoms with Gasteiger partial charge in [0.1, 0.15) is 0 Å². The van der Waals surface area contributed by atoms with Crippen LogP contribution < -0.4 is 0 Å². The molecule has 0 saturated carbocycles. The van der Waals surface area contributed by atoms with Gasteiger partial charge in [0.05, 0.1) is 0 Å². The molecule has 0 aromatic heterocycles. The van der Waals surface area contributed by atoms with Gasteiger partial charge in [-0.1, -0.05) is 57.9 Å². The summed E-state index contributed by atoms with van der Waals surface area (Å²) in [7, 11) is 0. The minimum Gasteiger partial charge on any atom is -0.196 e. The number of allylic oxidation sites excluding steroid dienone is 1. The van der Waals surface area contributed by atoms with E-state index in [0.29, 0.717) is 12.3 Å². The van der Waals surface area contributed by atoms with E-state index in [0.717, 1.165) is 32.1 Å². The second kappa shape index (κ2) is 11.0. The second-order valence-corrected chi connectivity index (χ2v) is 6.19. The zero-order chi connectivity index (χ0) is 17.1. The standard InChI is InChI=1S/C17H29F5/c1-3-4-5-6-7-9-12-15(2)13-10-8-11-14-16(18,19)17(20,21)22/h3,15H,1,4-14H2,2H3. The Morgan fingerprint density at radius 2 is 1.32 bits per heavy atom. The molecule has 0 amide bonds. The smallest absolute Gasteiger partial charge is 0.196 e. The van der Waals surface area contributed by atoms with Gasteiger partial charge >= 0.3 is 12.1 Å². The summed E-state index contributed by atoms with van der Waals surface area (Å²) >= 11 is 0. The van der Waals surface area contributed by atoms with Crippen LogP contribution in [0.25, 0.3) is 0 Å². The van der Waals surface area contributed by atoms with Gasteiger partial charge in [-0.15, -0.1) is 6.58 Å². The number of hydrogen-bond donors (Lipinski definition) is 0. The number of hydrogen-bond acceptors (Lipinski definition) is 0. The summed E-state index contributed by atoms with van der Waals surface area (Å²) in [6.07, 6.45) is 4.30. The summed E-state index contributed by atoms with van der Waals surface area (Å²) in [5, 5.41) is 0. The van der Waals surface area contributed by atoms with Gasteiger partial charge in [0.25, 0.3) is 0 Å². The third-order valence-corrected chi connectivity index (χ3v) is 3.96. The molecule has 0 bridgehead atoms. The lowest BCUT2D eigenvalue weighted by atomic mass is 9.96. The molecule has 1 atom stereocenters. The SMILES string of the molecule is C=CCCCCCCC(C)CCCCCC(F)(F)C(F)(F)F. The zero-order valence-corrected chi connectivity index (χ0v) is 13.5. The first-order valence-electron chi connectivity index (χ1n) is 8.26. The molecule has 0 spiro atoms. The highest BCUT2D eigenvalue weighted by Crippen LogP contribution is 2.39. The molecule has 0 heterocycles. The first kappa shape index (κ1) is 21.4. The minimum atomic E-state index is -5.41. The molecule has 22 heavy (non-hydrogen) atoms. The van der Waals surface area contributed by atoms with Crippen LogP contribution in [-0.4, -0.2) is 12.1 Å². The summed E-state index contributed by atoms with van der Waals surface area (Å²) < 4.78 is 61.3. The van der Waals surface area contributed by atoms with Crippen LogP contribution in [0, 0.1) is 5.92 Å². The fourth-order valence-electron chi connectivity index (χ4n) is 2.44. The third-order valence-electron chi connectivity index (χ3n) is 3.96. The third kappa shape index (κ3) is 10.2. The molecule has 0 rings (SSSR count). The van der Waals surface area contributed by atoms with Crippen molar-refractivity contribution in [2.24, 2.45) is 5.92 Å². The van der Waals surface area contributed by atoms with Crippen molar-refractivity contribution in [1.29, 1.82) is 0 Å². The molecule has 0 nitrogen and oxygen atoms in total. The maximum absolute atomic E-state index is 12.7. The summed E-state index contributed by atoms with van der Waals surface area (Å²) in [4.78, 5) is 0. The summed E-state index contributed by atoms with van der Waals surface area (Å²) in [6, 6.07) is 0. The van der Waals surface area contributed by atoms with Crippen LogP contribution in [0.2, 0.25) is 0 Å². The van der Waals surface area contributed by atoms with Crippen LogP contribution in [-0.2, 0) is 0 Å². The maximum Gasteiger partial charge on any atom is 0.453 e. The normalized spacial score (nSPS) is 14.1. The highest BCUT2D eigenvalue weighted by Gasteiger charge is 2.56. The van der Waals surface area contributed by atoms with E-state index in [1.54, 1.807) is 0 Å². The highest BCUT2D eigenvalue weighted by atomic mass is 19.4. The van der Waals surface area contributed by atoms with Crippen molar-refractivity contribution in [3.63, 3.8) is 0 Å². The van der Waals surface area contributed by atoms with E-state index >= 15 is 0 Å². The van der Waals surface area contributed by atoms with Crippen molar-refractivity contribution in [3.05, 3.63) is 12.7 Å². The predicted octanol–water partition coefficient (Wildman–Crippen LogP) is 7.30. The van der Waals surface area contributed by atoms with Crippen molar-refractivity contribution < 1.29 is 22.0 Å². The number of rotatable bonds is 13. The predicted molar refractivity (Wildman–Crippen MR) is 81.2 cm³/mol. The number of alkyl halides is 5. The molecule has 0 aliphatic rings. The monoisotopic (exact) mass is 328 g/mol. The molecule has 0 N–H and O–H groups in total. The average molecular weight is 328 g/mol. The molecule has 0 aliphatic carbocycles. The Hall–Kier alpha value is -0.610. The molecule has 0 aromatic rings. The van der Waals surface area contributed by atoms with E-state index in [1.807, 2.05) is 6.08 Å². The Labute approximate surface area is 131 Å². The van der Waals surface area contributed by atoms with Crippen molar-refractivity contribution >= 4 is 0 Å². The Morgan fingerprint density at radius 1 is 0.818 bits per heavy atom. The zero-order valence-electron chi connectivity index (χ0n) is 13.5. The van der Waals surface area contributed by atoms with E-state index in [9.17, 15) is 22.0 Å². The van der Waals surface area contributed by atoms with Crippen LogP contribution in [0.5, 0.6) is 0 Å². The van der Waals surface area contributed by atoms with Gasteiger partial charge in [-0.3, -0.25) is 0 Å². The van der Waals surface area contributed by atoms with E-state index in [4.69, 9.17) is 0 Å². The number of unbranched alkanes of at least 4 members (excludes halogenated alkanes) is 6. The van der Waals surface area contributed by atoms with Crippen LogP contribution in [0.4, 0.5) is 22.0 Å². The molecule has 0 aliphatic heterocycles. The van der Waals surface area contributed by atoms with E-state index < -0.39 is 18.5 Å². The van der Waals surface area contributed by atoms with Gasteiger partial charge in [0, 0.05) is 6.42 Å². The van der Waals surface area contributed by atoms with E-state index in [2.05, 4.69) is 13.5 Å². The minimum absolute atomic E-state index is 0.0687. The molecular formula is C17H29F5. The molecule has 0 radical (unpaired) electrons. The highest BCUT2D eigenvalue weighted by molar-refractivity contribution is 4.75. The van der Waals surface area contributed by atoms with Crippen LogP contribution in [0.15, 0.2) is 12.7 Å². The van der Waals surface area contributed by atoms with E-state index in [1.165, 1.54) is 19.3 Å². The average Bonchev–Trinajstić information content (AvgIpc) is 2.41. The summed E-state index contributed by atoms with van der Waals surface area (Å²) in [5.74, 6) is -4.02. The van der Waals surface area contributed by atoms with Crippen molar-refractivity contribution in [2.75, 3.05) is 0 Å². The Bertz CT molecular complexity index is 283. The van der Waals surface area contributed by atoms with Gasteiger partial charge in [0.15, 0.2) is 0 Å². The van der Waals surface area contributed by atoms with Gasteiger partial charge in [0.2, 0.25) is 0 Å². The topological polar surface area (TPSA) is 0 Å². The van der Waals surface area contributed by atoms with Crippen LogP contribution in [0.3, 0.4) is 0 Å². The molecular weight excluding hydrogens is 299 g/mol. The molecule has 0 aromatic carbocycles. The van der Waals surface area contributed by atoms with Gasteiger partial charge < -0.3 is 0 Å². The van der Waals surface area contributed by atoms with Crippen molar-refractivity contribution in [2.45, 2.75) is 89.7 Å². The van der Waals surface area contributed by atoms with Gasteiger partial charge in [-0.25, -0.2) is 0 Å². The second-order valence-electron chi connectivity index (χ2n) is 6.19. The molecule has 5 heteroatoms. The Morgan fingerprint density at radius 3 is 1.82 bits per heavy atom. The fraction of sp³-hybridized carbons (Fsp3) is 0.882. The molecule has 1 unspecified atom stereocenters.